The number of hydrogen-bond donors (Lipinski definition) is 1. The first-order valence-corrected chi connectivity index (χ1v) is 11.8. The fourth-order valence-corrected chi connectivity index (χ4v) is 5.29. The summed E-state index contributed by atoms with van der Waals surface area (Å²) in [6.07, 6.45) is 3.43. The van der Waals surface area contributed by atoms with Gasteiger partial charge in [-0.15, -0.1) is 0 Å². The van der Waals surface area contributed by atoms with Crippen molar-refractivity contribution in [2.75, 3.05) is 4.90 Å². The van der Waals surface area contributed by atoms with Crippen LogP contribution in [0.2, 0.25) is 0 Å². The number of nitrogens with zero attached hydrogens (tertiary/aromatic N) is 2. The first-order valence-electron chi connectivity index (χ1n) is 11.8. The van der Waals surface area contributed by atoms with E-state index in [0.717, 1.165) is 22.4 Å². The van der Waals surface area contributed by atoms with E-state index in [2.05, 4.69) is 80.1 Å². The number of fused-ring (bicyclic) bond motifs is 4. The van der Waals surface area contributed by atoms with Gasteiger partial charge in [-0.3, -0.25) is 9.78 Å². The number of pyridine rings is 1. The van der Waals surface area contributed by atoms with Crippen molar-refractivity contribution in [1.29, 1.82) is 0 Å². The second-order valence-electron chi connectivity index (χ2n) is 9.64. The fourth-order valence-electron chi connectivity index (χ4n) is 5.29. The summed E-state index contributed by atoms with van der Waals surface area (Å²) in [6, 6.07) is 19.4. The third kappa shape index (κ3) is 2.98. The first-order chi connectivity index (χ1) is 16.4. The number of rotatable bonds is 3. The summed E-state index contributed by atoms with van der Waals surface area (Å²) >= 11 is 0. The van der Waals surface area contributed by atoms with Crippen LogP contribution in [0, 0.1) is 13.8 Å². The van der Waals surface area contributed by atoms with Gasteiger partial charge in [0.1, 0.15) is 0 Å². The number of amides is 1. The summed E-state index contributed by atoms with van der Waals surface area (Å²) in [4.78, 5) is 22.9. The summed E-state index contributed by atoms with van der Waals surface area (Å²) < 4.78 is 0. The molecule has 1 N–H and O–H groups in total. The molecule has 5 aromatic rings. The zero-order valence-electron chi connectivity index (χ0n) is 19.9. The van der Waals surface area contributed by atoms with Crippen LogP contribution in [-0.2, 0) is 6.54 Å². The number of aromatic nitrogens is 2. The van der Waals surface area contributed by atoms with Gasteiger partial charge >= 0.3 is 0 Å². The largest absolute Gasteiger partial charge is 0.354 e. The van der Waals surface area contributed by atoms with Gasteiger partial charge in [-0.1, -0.05) is 50.2 Å². The van der Waals surface area contributed by atoms with Crippen molar-refractivity contribution in [3.63, 3.8) is 0 Å². The Morgan fingerprint density at radius 1 is 0.971 bits per heavy atom. The van der Waals surface area contributed by atoms with Crippen molar-refractivity contribution in [3.05, 3.63) is 94.8 Å². The number of carbonyl (C=O) groups is 1. The number of aryl methyl sites for hydroxylation is 1. The normalized spacial score (nSPS) is 13.4. The zero-order valence-corrected chi connectivity index (χ0v) is 19.9. The Kier molecular flexibility index (Phi) is 4.59. The summed E-state index contributed by atoms with van der Waals surface area (Å²) in [7, 11) is 0. The maximum Gasteiger partial charge on any atom is 0.260 e. The molecule has 3 aromatic carbocycles. The number of aromatic amines is 1. The Bertz CT molecular complexity index is 1610. The SMILES string of the molecule is Cc1c(-c2ccc(C)c3[nH]c4cc(C(C)C)ccc4c23)cccc1N1Cc2ccncc2C1=O. The minimum absolute atomic E-state index is 0.0192. The molecule has 34 heavy (non-hydrogen) atoms. The smallest absolute Gasteiger partial charge is 0.260 e. The van der Waals surface area contributed by atoms with E-state index < -0.39 is 0 Å². The zero-order chi connectivity index (χ0) is 23.6. The van der Waals surface area contributed by atoms with E-state index in [9.17, 15) is 4.79 Å². The van der Waals surface area contributed by atoms with Crippen molar-refractivity contribution in [2.24, 2.45) is 0 Å². The number of carbonyl (C=O) groups excluding carboxylic acids is 1. The molecule has 0 unspecified atom stereocenters. The van der Waals surface area contributed by atoms with Crippen LogP contribution >= 0.6 is 0 Å². The molecule has 2 aromatic heterocycles. The van der Waals surface area contributed by atoms with Crippen LogP contribution in [0.5, 0.6) is 0 Å². The Morgan fingerprint density at radius 2 is 1.82 bits per heavy atom. The maximum atomic E-state index is 13.2. The van der Waals surface area contributed by atoms with Crippen LogP contribution in [0.4, 0.5) is 5.69 Å². The lowest BCUT2D eigenvalue weighted by Crippen LogP contribution is -2.24. The van der Waals surface area contributed by atoms with Crippen molar-refractivity contribution in [3.8, 4) is 11.1 Å². The second kappa shape index (κ2) is 7.56. The van der Waals surface area contributed by atoms with E-state index in [0.29, 0.717) is 18.0 Å². The highest BCUT2D eigenvalue weighted by molar-refractivity contribution is 6.16. The molecule has 0 bridgehead atoms. The van der Waals surface area contributed by atoms with Crippen LogP contribution in [0.1, 0.15) is 52.4 Å². The summed E-state index contributed by atoms with van der Waals surface area (Å²) in [5, 5.41) is 2.48. The number of hydrogen-bond acceptors (Lipinski definition) is 2. The predicted molar refractivity (Wildman–Crippen MR) is 140 cm³/mol. The minimum atomic E-state index is 0.0192. The average molecular weight is 446 g/mol. The molecule has 0 radical (unpaired) electrons. The molecule has 0 aliphatic carbocycles. The fraction of sp³-hybridized carbons (Fsp3) is 0.200. The summed E-state index contributed by atoms with van der Waals surface area (Å²) in [6.45, 7) is 9.31. The highest BCUT2D eigenvalue weighted by atomic mass is 16.2. The van der Waals surface area contributed by atoms with Crippen molar-refractivity contribution in [1.82, 2.24) is 9.97 Å². The van der Waals surface area contributed by atoms with E-state index in [1.54, 1.807) is 12.4 Å². The van der Waals surface area contributed by atoms with E-state index in [-0.39, 0.29) is 5.91 Å². The second-order valence-corrected chi connectivity index (χ2v) is 9.64. The van der Waals surface area contributed by atoms with Gasteiger partial charge in [-0.25, -0.2) is 0 Å². The van der Waals surface area contributed by atoms with E-state index in [1.165, 1.54) is 38.5 Å². The Morgan fingerprint density at radius 3 is 2.62 bits per heavy atom. The molecule has 168 valence electrons. The maximum absolute atomic E-state index is 13.2. The monoisotopic (exact) mass is 445 g/mol. The van der Waals surface area contributed by atoms with E-state index >= 15 is 0 Å². The molecule has 0 saturated heterocycles. The number of H-pyrrole nitrogens is 1. The van der Waals surface area contributed by atoms with Gasteiger partial charge in [0.05, 0.1) is 17.6 Å². The Balaban J connectivity index is 1.54. The molecule has 0 atom stereocenters. The first kappa shape index (κ1) is 20.7. The third-order valence-electron chi connectivity index (χ3n) is 7.25. The van der Waals surface area contributed by atoms with Crippen LogP contribution in [0.25, 0.3) is 32.9 Å². The van der Waals surface area contributed by atoms with Gasteiger partial charge in [-0.05, 0) is 71.3 Å². The third-order valence-corrected chi connectivity index (χ3v) is 7.25. The molecule has 4 heteroatoms. The minimum Gasteiger partial charge on any atom is -0.354 e. The summed E-state index contributed by atoms with van der Waals surface area (Å²) in [5.74, 6) is 0.498. The van der Waals surface area contributed by atoms with Crippen LogP contribution in [0.15, 0.2) is 67.0 Å². The van der Waals surface area contributed by atoms with Gasteiger partial charge in [0.2, 0.25) is 0 Å². The topological polar surface area (TPSA) is 49.0 Å². The van der Waals surface area contributed by atoms with Gasteiger partial charge in [0.15, 0.2) is 0 Å². The lowest BCUT2D eigenvalue weighted by molar-refractivity contribution is 0.0996. The van der Waals surface area contributed by atoms with Gasteiger partial charge in [0, 0.05) is 34.4 Å². The van der Waals surface area contributed by atoms with Crippen molar-refractivity contribution >= 4 is 33.4 Å². The molecule has 1 aliphatic heterocycles. The van der Waals surface area contributed by atoms with E-state index in [4.69, 9.17) is 0 Å². The lowest BCUT2D eigenvalue weighted by atomic mass is 9.93. The average Bonchev–Trinajstić information content (AvgIpc) is 3.38. The van der Waals surface area contributed by atoms with Crippen LogP contribution in [-0.4, -0.2) is 15.9 Å². The molecule has 0 fully saturated rings. The molecular formula is C30H27N3O. The highest BCUT2D eigenvalue weighted by Crippen LogP contribution is 2.41. The molecule has 1 amide bonds. The standard InChI is InChI=1S/C30H27N3O/c1-17(2)20-9-11-24-26(14-20)32-29-18(3)8-10-23(28(24)29)22-6-5-7-27(19(22)4)33-16-21-12-13-31-15-25(21)30(33)34/h5-15,17,32H,16H2,1-4H3. The number of nitrogens with one attached hydrogen (secondary N) is 1. The molecule has 6 rings (SSSR count). The molecule has 3 heterocycles. The van der Waals surface area contributed by atoms with Crippen LogP contribution < -0.4 is 4.90 Å². The molecule has 0 saturated carbocycles. The number of anilines is 1. The molecular weight excluding hydrogens is 418 g/mol. The highest BCUT2D eigenvalue weighted by Gasteiger charge is 2.30. The lowest BCUT2D eigenvalue weighted by Gasteiger charge is -2.21. The number of benzene rings is 3. The van der Waals surface area contributed by atoms with Gasteiger partial charge < -0.3 is 9.88 Å². The van der Waals surface area contributed by atoms with E-state index in [1.807, 2.05) is 17.0 Å². The van der Waals surface area contributed by atoms with Gasteiger partial charge in [-0.2, -0.15) is 0 Å². The van der Waals surface area contributed by atoms with Crippen molar-refractivity contribution < 1.29 is 4.79 Å². The van der Waals surface area contributed by atoms with Gasteiger partial charge in [0.25, 0.3) is 5.91 Å². The Hall–Kier alpha value is -3.92. The molecule has 4 nitrogen and oxygen atoms in total. The van der Waals surface area contributed by atoms with Crippen molar-refractivity contribution in [2.45, 2.75) is 40.2 Å². The van der Waals surface area contributed by atoms with Crippen LogP contribution in [0.3, 0.4) is 0 Å². The molecule has 0 spiro atoms. The molecule has 1 aliphatic rings. The quantitative estimate of drug-likeness (QED) is 0.317. The predicted octanol–water partition coefficient (Wildman–Crippen LogP) is 7.28. The summed E-state index contributed by atoms with van der Waals surface area (Å²) in [5.41, 5.74) is 11.0. The Labute approximate surface area is 199 Å².